The standard InChI is InChI=1S/C9H10N2S/c10-5-6-4-7-8(11)2-1-3-9(7)12-6/h4,8H,1-3,11H2/t8-/m0/s1. The molecule has 1 aliphatic rings. The van der Waals surface area contributed by atoms with E-state index in [4.69, 9.17) is 11.0 Å². The second-order valence-electron chi connectivity index (χ2n) is 3.10. The second-order valence-corrected chi connectivity index (χ2v) is 4.24. The molecule has 2 rings (SSSR count). The first kappa shape index (κ1) is 7.78. The van der Waals surface area contributed by atoms with Crippen LogP contribution < -0.4 is 5.73 Å². The largest absolute Gasteiger partial charge is 0.324 e. The molecule has 1 aromatic heterocycles. The third-order valence-corrected chi connectivity index (χ3v) is 3.39. The lowest BCUT2D eigenvalue weighted by atomic mass is 9.95. The average Bonchev–Trinajstić information content (AvgIpc) is 2.49. The molecule has 0 aromatic carbocycles. The van der Waals surface area contributed by atoms with Gasteiger partial charge in [0.15, 0.2) is 0 Å². The fourth-order valence-electron chi connectivity index (χ4n) is 1.65. The number of nitriles is 1. The van der Waals surface area contributed by atoms with E-state index in [1.54, 1.807) is 11.3 Å². The van der Waals surface area contributed by atoms with Crippen LogP contribution in [-0.4, -0.2) is 0 Å². The van der Waals surface area contributed by atoms with Gasteiger partial charge in [-0.25, -0.2) is 0 Å². The topological polar surface area (TPSA) is 49.8 Å². The smallest absolute Gasteiger partial charge is 0.110 e. The Balaban J connectivity index is 2.45. The van der Waals surface area contributed by atoms with Gasteiger partial charge in [0, 0.05) is 10.9 Å². The van der Waals surface area contributed by atoms with Crippen LogP contribution in [0.4, 0.5) is 0 Å². The van der Waals surface area contributed by atoms with Gasteiger partial charge in [0.2, 0.25) is 0 Å². The van der Waals surface area contributed by atoms with Crippen molar-refractivity contribution in [1.82, 2.24) is 0 Å². The van der Waals surface area contributed by atoms with E-state index in [-0.39, 0.29) is 6.04 Å². The van der Waals surface area contributed by atoms with Gasteiger partial charge in [0.25, 0.3) is 0 Å². The molecule has 0 radical (unpaired) electrons. The summed E-state index contributed by atoms with van der Waals surface area (Å²) in [5.41, 5.74) is 7.12. The monoisotopic (exact) mass is 178 g/mol. The Morgan fingerprint density at radius 3 is 3.17 bits per heavy atom. The molecule has 62 valence electrons. The molecule has 3 heteroatoms. The average molecular weight is 178 g/mol. The van der Waals surface area contributed by atoms with Crippen LogP contribution in [0, 0.1) is 11.3 Å². The molecule has 2 nitrogen and oxygen atoms in total. The van der Waals surface area contributed by atoms with Gasteiger partial charge < -0.3 is 5.73 Å². The van der Waals surface area contributed by atoms with Crippen molar-refractivity contribution >= 4 is 11.3 Å². The van der Waals surface area contributed by atoms with E-state index in [1.165, 1.54) is 16.9 Å². The molecule has 0 bridgehead atoms. The van der Waals surface area contributed by atoms with E-state index >= 15 is 0 Å². The highest BCUT2D eigenvalue weighted by Crippen LogP contribution is 2.33. The van der Waals surface area contributed by atoms with Gasteiger partial charge in [-0.05, 0) is 30.9 Å². The van der Waals surface area contributed by atoms with Crippen molar-refractivity contribution in [3.05, 3.63) is 21.4 Å². The maximum absolute atomic E-state index is 8.69. The van der Waals surface area contributed by atoms with Crippen LogP contribution in [0.1, 0.15) is 34.2 Å². The van der Waals surface area contributed by atoms with Crippen molar-refractivity contribution in [3.63, 3.8) is 0 Å². The summed E-state index contributed by atoms with van der Waals surface area (Å²) < 4.78 is 0. The summed E-state index contributed by atoms with van der Waals surface area (Å²) in [6, 6.07) is 4.29. The summed E-state index contributed by atoms with van der Waals surface area (Å²) in [7, 11) is 0. The number of nitrogens with two attached hydrogens (primary N) is 1. The molecule has 0 aliphatic heterocycles. The SMILES string of the molecule is N#Cc1cc2c(s1)CCC[C@@H]2N. The lowest BCUT2D eigenvalue weighted by Crippen LogP contribution is -2.15. The first-order chi connectivity index (χ1) is 5.81. The lowest BCUT2D eigenvalue weighted by Gasteiger charge is -2.17. The fourth-order valence-corrected chi connectivity index (χ4v) is 2.72. The van der Waals surface area contributed by atoms with Crippen LogP contribution >= 0.6 is 11.3 Å². The molecule has 1 aliphatic carbocycles. The number of rotatable bonds is 0. The Labute approximate surface area is 75.6 Å². The molecule has 2 N–H and O–H groups in total. The predicted molar refractivity (Wildman–Crippen MR) is 48.9 cm³/mol. The quantitative estimate of drug-likeness (QED) is 0.660. The molecule has 1 heterocycles. The van der Waals surface area contributed by atoms with Crippen molar-refractivity contribution in [3.8, 4) is 6.07 Å². The summed E-state index contributed by atoms with van der Waals surface area (Å²) in [6.45, 7) is 0. The van der Waals surface area contributed by atoms with E-state index in [0.29, 0.717) is 0 Å². The molecule has 1 atom stereocenters. The normalized spacial score (nSPS) is 21.5. The number of nitrogens with zero attached hydrogens (tertiary/aromatic N) is 1. The van der Waals surface area contributed by atoms with E-state index in [2.05, 4.69) is 6.07 Å². The zero-order valence-corrected chi connectivity index (χ0v) is 7.53. The molecule has 1 aromatic rings. The third-order valence-electron chi connectivity index (χ3n) is 2.27. The van der Waals surface area contributed by atoms with Crippen LogP contribution in [0.5, 0.6) is 0 Å². The lowest BCUT2D eigenvalue weighted by molar-refractivity contribution is 0.578. The van der Waals surface area contributed by atoms with Gasteiger partial charge in [0.05, 0.1) is 0 Å². The molecule has 0 spiro atoms. The molecule has 0 saturated carbocycles. The predicted octanol–water partition coefficient (Wildman–Crippen LogP) is 1.96. The molecular formula is C9H10N2S. The van der Waals surface area contributed by atoms with E-state index in [1.807, 2.05) is 6.07 Å². The third kappa shape index (κ3) is 1.13. The number of hydrogen-bond donors (Lipinski definition) is 1. The molecule has 0 unspecified atom stereocenters. The highest BCUT2D eigenvalue weighted by Gasteiger charge is 2.19. The summed E-state index contributed by atoms with van der Waals surface area (Å²) in [5.74, 6) is 0. The minimum atomic E-state index is 0.173. The molecule has 0 fully saturated rings. The van der Waals surface area contributed by atoms with Crippen molar-refractivity contribution in [2.45, 2.75) is 25.3 Å². The van der Waals surface area contributed by atoms with Gasteiger partial charge >= 0.3 is 0 Å². The molecule has 0 saturated heterocycles. The molecular weight excluding hydrogens is 168 g/mol. The van der Waals surface area contributed by atoms with E-state index in [0.717, 1.165) is 17.7 Å². The Bertz CT molecular complexity index is 335. The second kappa shape index (κ2) is 2.89. The maximum Gasteiger partial charge on any atom is 0.110 e. The number of aryl methyl sites for hydroxylation is 1. The summed E-state index contributed by atoms with van der Waals surface area (Å²) in [6.07, 6.45) is 3.34. The van der Waals surface area contributed by atoms with Crippen LogP contribution in [0.25, 0.3) is 0 Å². The van der Waals surface area contributed by atoms with E-state index < -0.39 is 0 Å². The summed E-state index contributed by atoms with van der Waals surface area (Å²) >= 11 is 1.60. The maximum atomic E-state index is 8.69. The van der Waals surface area contributed by atoms with Gasteiger partial charge in [-0.2, -0.15) is 5.26 Å². The number of thiophene rings is 1. The highest BCUT2D eigenvalue weighted by atomic mass is 32.1. The first-order valence-corrected chi connectivity index (χ1v) is 4.91. The van der Waals surface area contributed by atoms with Gasteiger partial charge in [-0.15, -0.1) is 11.3 Å². The van der Waals surface area contributed by atoms with Crippen molar-refractivity contribution < 1.29 is 0 Å². The first-order valence-electron chi connectivity index (χ1n) is 4.09. The zero-order valence-electron chi connectivity index (χ0n) is 6.71. The highest BCUT2D eigenvalue weighted by molar-refractivity contribution is 7.12. The zero-order chi connectivity index (χ0) is 8.55. The van der Waals surface area contributed by atoms with Crippen LogP contribution in [-0.2, 0) is 6.42 Å². The van der Waals surface area contributed by atoms with Crippen LogP contribution in [0.3, 0.4) is 0 Å². The van der Waals surface area contributed by atoms with Gasteiger partial charge in [-0.1, -0.05) is 0 Å². The number of fused-ring (bicyclic) bond motifs is 1. The van der Waals surface area contributed by atoms with Crippen LogP contribution in [0.15, 0.2) is 6.07 Å². The summed E-state index contributed by atoms with van der Waals surface area (Å²) in [4.78, 5) is 2.13. The van der Waals surface area contributed by atoms with Crippen molar-refractivity contribution in [1.29, 1.82) is 5.26 Å². The Morgan fingerprint density at radius 1 is 1.67 bits per heavy atom. The fraction of sp³-hybridized carbons (Fsp3) is 0.444. The molecule has 12 heavy (non-hydrogen) atoms. The Hall–Kier alpha value is -0.850. The minimum Gasteiger partial charge on any atom is -0.324 e. The minimum absolute atomic E-state index is 0.173. The molecule has 0 amide bonds. The van der Waals surface area contributed by atoms with Crippen molar-refractivity contribution in [2.24, 2.45) is 5.73 Å². The van der Waals surface area contributed by atoms with E-state index in [9.17, 15) is 0 Å². The van der Waals surface area contributed by atoms with Gasteiger partial charge in [-0.3, -0.25) is 0 Å². The Kier molecular flexibility index (Phi) is 1.87. The van der Waals surface area contributed by atoms with Crippen LogP contribution in [0.2, 0.25) is 0 Å². The Morgan fingerprint density at radius 2 is 2.50 bits per heavy atom. The summed E-state index contributed by atoms with van der Waals surface area (Å²) in [5, 5.41) is 8.69. The number of hydrogen-bond acceptors (Lipinski definition) is 3. The van der Waals surface area contributed by atoms with Crippen molar-refractivity contribution in [2.75, 3.05) is 0 Å². The van der Waals surface area contributed by atoms with Gasteiger partial charge in [0.1, 0.15) is 10.9 Å².